The van der Waals surface area contributed by atoms with Crippen molar-refractivity contribution in [1.82, 2.24) is 4.31 Å². The molecule has 0 aromatic carbocycles. The van der Waals surface area contributed by atoms with E-state index in [1.54, 1.807) is 6.07 Å². The van der Waals surface area contributed by atoms with Crippen LogP contribution in [-0.2, 0) is 14.8 Å². The average molecular weight is 328 g/mol. The van der Waals surface area contributed by atoms with Gasteiger partial charge in [0.25, 0.3) is 10.0 Å². The molecule has 18 heavy (non-hydrogen) atoms. The Morgan fingerprint density at radius 1 is 1.44 bits per heavy atom. The highest BCUT2D eigenvalue weighted by Crippen LogP contribution is 2.30. The summed E-state index contributed by atoms with van der Waals surface area (Å²) in [5.41, 5.74) is 0. The summed E-state index contributed by atoms with van der Waals surface area (Å²) in [6, 6.07) is 3.03. The van der Waals surface area contributed by atoms with Gasteiger partial charge in [-0.3, -0.25) is 4.79 Å². The first-order chi connectivity index (χ1) is 8.41. The second-order valence-corrected chi connectivity index (χ2v) is 8.32. The highest BCUT2D eigenvalue weighted by molar-refractivity contribution is 7.91. The average Bonchev–Trinajstić information content (AvgIpc) is 2.77. The first kappa shape index (κ1) is 14.3. The topological polar surface area (TPSA) is 54.5 Å². The predicted octanol–water partition coefficient (Wildman–Crippen LogP) is 2.57. The third kappa shape index (κ3) is 2.88. The molecule has 1 aliphatic heterocycles. The number of rotatable bonds is 3. The van der Waals surface area contributed by atoms with Crippen molar-refractivity contribution in [3.8, 4) is 0 Å². The lowest BCUT2D eigenvalue weighted by Crippen LogP contribution is -2.41. The largest absolute Gasteiger partial charge is 0.281 e. The lowest BCUT2D eigenvalue weighted by atomic mass is 10.0. The molecule has 0 N–H and O–H groups in total. The molecule has 8 heteroatoms. The predicted molar refractivity (Wildman–Crippen MR) is 71.7 cm³/mol. The molecular formula is C10H11Cl2NO3S2. The molecule has 4 nitrogen and oxygen atoms in total. The van der Waals surface area contributed by atoms with Crippen LogP contribution >= 0.6 is 34.5 Å². The Bertz CT molecular complexity index is 555. The Labute approximate surface area is 120 Å². The maximum Gasteiger partial charge on any atom is 0.252 e. The summed E-state index contributed by atoms with van der Waals surface area (Å²) in [6.45, 7) is 0.568. The van der Waals surface area contributed by atoms with Crippen LogP contribution < -0.4 is 0 Å². The van der Waals surface area contributed by atoms with Crippen LogP contribution in [0.25, 0.3) is 0 Å². The quantitative estimate of drug-likeness (QED) is 0.802. The van der Waals surface area contributed by atoms with Gasteiger partial charge in [0.15, 0.2) is 0 Å². The maximum atomic E-state index is 12.3. The molecular weight excluding hydrogens is 317 g/mol. The van der Waals surface area contributed by atoms with Crippen LogP contribution in [0.2, 0.25) is 4.34 Å². The molecule has 0 bridgehead atoms. The molecule has 0 radical (unpaired) electrons. The van der Waals surface area contributed by atoms with Gasteiger partial charge in [-0.05, 0) is 36.6 Å². The standard InChI is InChI=1S/C10H11Cl2NO3S2/c11-8-3-4-9(17-8)18(15,16)13-5-1-2-7(6-13)10(12)14/h3-4,7H,1-2,5-6H2. The molecule has 2 rings (SSSR count). The van der Waals surface area contributed by atoms with Gasteiger partial charge in [0.1, 0.15) is 4.21 Å². The molecule has 1 fully saturated rings. The molecule has 1 unspecified atom stereocenters. The van der Waals surface area contributed by atoms with E-state index in [4.69, 9.17) is 23.2 Å². The normalized spacial score (nSPS) is 22.0. The van der Waals surface area contributed by atoms with E-state index in [1.807, 2.05) is 0 Å². The summed E-state index contributed by atoms with van der Waals surface area (Å²) in [6.07, 6.45) is 1.28. The number of hydrogen-bond donors (Lipinski definition) is 0. The Kier molecular flexibility index (Phi) is 4.33. The minimum Gasteiger partial charge on any atom is -0.281 e. The van der Waals surface area contributed by atoms with Crippen molar-refractivity contribution >= 4 is 49.8 Å². The second kappa shape index (κ2) is 5.46. The zero-order valence-electron chi connectivity index (χ0n) is 9.30. The van der Waals surface area contributed by atoms with Gasteiger partial charge in [0, 0.05) is 19.0 Å². The van der Waals surface area contributed by atoms with Crippen molar-refractivity contribution < 1.29 is 13.2 Å². The van der Waals surface area contributed by atoms with Crippen molar-refractivity contribution in [2.75, 3.05) is 13.1 Å². The highest BCUT2D eigenvalue weighted by Gasteiger charge is 2.33. The highest BCUT2D eigenvalue weighted by atomic mass is 35.5. The lowest BCUT2D eigenvalue weighted by molar-refractivity contribution is -0.116. The second-order valence-electron chi connectivity index (χ2n) is 4.06. The fourth-order valence-electron chi connectivity index (χ4n) is 1.91. The molecule has 100 valence electrons. The SMILES string of the molecule is O=C(Cl)C1CCCN(S(=O)(=O)c2ccc(Cl)s2)C1. The van der Waals surface area contributed by atoms with E-state index in [1.165, 1.54) is 10.4 Å². The maximum absolute atomic E-state index is 12.3. The zero-order chi connectivity index (χ0) is 13.3. The van der Waals surface area contributed by atoms with Crippen LogP contribution in [0.1, 0.15) is 12.8 Å². The summed E-state index contributed by atoms with van der Waals surface area (Å²) < 4.78 is 26.5. The third-order valence-corrected chi connectivity index (χ3v) is 6.72. The number of piperidine rings is 1. The summed E-state index contributed by atoms with van der Waals surface area (Å²) in [4.78, 5) is 11.1. The summed E-state index contributed by atoms with van der Waals surface area (Å²) in [5.74, 6) is -0.411. The van der Waals surface area contributed by atoms with Crippen LogP contribution in [0.5, 0.6) is 0 Å². The number of hydrogen-bond acceptors (Lipinski definition) is 4. The van der Waals surface area contributed by atoms with Gasteiger partial charge in [-0.15, -0.1) is 11.3 Å². The van der Waals surface area contributed by atoms with Gasteiger partial charge in [-0.25, -0.2) is 8.42 Å². The molecule has 1 aromatic rings. The van der Waals surface area contributed by atoms with Gasteiger partial charge >= 0.3 is 0 Å². The number of sulfonamides is 1. The van der Waals surface area contributed by atoms with Crippen LogP contribution in [0.3, 0.4) is 0 Å². The minimum absolute atomic E-state index is 0.153. The van der Waals surface area contributed by atoms with Crippen LogP contribution in [0, 0.1) is 5.92 Å². The van der Waals surface area contributed by atoms with Gasteiger partial charge in [0.2, 0.25) is 5.24 Å². The van der Waals surface area contributed by atoms with Crippen LogP contribution in [-0.4, -0.2) is 31.1 Å². The minimum atomic E-state index is -3.55. The molecule has 1 aromatic heterocycles. The molecule has 2 heterocycles. The Morgan fingerprint density at radius 2 is 2.17 bits per heavy atom. The van der Waals surface area contributed by atoms with E-state index < -0.39 is 21.2 Å². The number of halogens is 2. The fraction of sp³-hybridized carbons (Fsp3) is 0.500. The van der Waals surface area contributed by atoms with Crippen molar-refractivity contribution in [1.29, 1.82) is 0 Å². The Hall–Kier alpha value is -0.140. The number of carbonyl (C=O) groups is 1. The van der Waals surface area contributed by atoms with E-state index in [9.17, 15) is 13.2 Å². The molecule has 0 aliphatic carbocycles. The van der Waals surface area contributed by atoms with Crippen LogP contribution in [0.15, 0.2) is 16.3 Å². The van der Waals surface area contributed by atoms with Gasteiger partial charge in [0.05, 0.1) is 4.34 Å². The molecule has 1 atom stereocenters. The summed E-state index contributed by atoms with van der Waals surface area (Å²) >= 11 is 12.2. The first-order valence-corrected chi connectivity index (χ1v) is 8.37. The smallest absolute Gasteiger partial charge is 0.252 e. The van der Waals surface area contributed by atoms with Crippen molar-refractivity contribution in [2.45, 2.75) is 17.1 Å². The van der Waals surface area contributed by atoms with Gasteiger partial charge in [-0.1, -0.05) is 11.6 Å². The van der Waals surface area contributed by atoms with E-state index >= 15 is 0 Å². The third-order valence-electron chi connectivity index (χ3n) is 2.85. The molecule has 1 aliphatic rings. The van der Waals surface area contributed by atoms with Crippen molar-refractivity contribution in [3.05, 3.63) is 16.5 Å². The van der Waals surface area contributed by atoms with E-state index in [0.29, 0.717) is 23.7 Å². The number of nitrogens with zero attached hydrogens (tertiary/aromatic N) is 1. The summed E-state index contributed by atoms with van der Waals surface area (Å²) in [7, 11) is -3.55. The Morgan fingerprint density at radius 3 is 2.72 bits per heavy atom. The monoisotopic (exact) mass is 327 g/mol. The zero-order valence-corrected chi connectivity index (χ0v) is 12.4. The number of thiophene rings is 1. The van der Waals surface area contributed by atoms with E-state index in [-0.39, 0.29) is 10.8 Å². The van der Waals surface area contributed by atoms with Gasteiger partial charge < -0.3 is 0 Å². The van der Waals surface area contributed by atoms with Crippen LogP contribution in [0.4, 0.5) is 0 Å². The molecule has 0 spiro atoms. The summed E-state index contributed by atoms with van der Waals surface area (Å²) in [5, 5.41) is -0.473. The number of carbonyl (C=O) groups excluding carboxylic acids is 1. The van der Waals surface area contributed by atoms with Crippen molar-refractivity contribution in [2.24, 2.45) is 5.92 Å². The molecule has 0 amide bonds. The lowest BCUT2D eigenvalue weighted by Gasteiger charge is -2.29. The Balaban J connectivity index is 2.22. The van der Waals surface area contributed by atoms with Gasteiger partial charge in [-0.2, -0.15) is 4.31 Å². The van der Waals surface area contributed by atoms with E-state index in [2.05, 4.69) is 0 Å². The fourth-order valence-corrected chi connectivity index (χ4v) is 5.25. The van der Waals surface area contributed by atoms with Crippen molar-refractivity contribution in [3.63, 3.8) is 0 Å². The molecule has 0 saturated carbocycles. The van der Waals surface area contributed by atoms with E-state index in [0.717, 1.165) is 11.3 Å². The molecule has 1 saturated heterocycles. The first-order valence-electron chi connectivity index (χ1n) is 5.36.